The molecule has 0 fully saturated rings. The van der Waals surface area contributed by atoms with Gasteiger partial charge in [-0.15, -0.1) is 0 Å². The van der Waals surface area contributed by atoms with Crippen LogP contribution in [0.25, 0.3) is 0 Å². The van der Waals surface area contributed by atoms with Crippen LogP contribution in [0, 0.1) is 0 Å². The second-order valence-corrected chi connectivity index (χ2v) is 4.30. The summed E-state index contributed by atoms with van der Waals surface area (Å²) in [5.41, 5.74) is 0.858. The van der Waals surface area contributed by atoms with Gasteiger partial charge in [-0.05, 0) is 24.3 Å². The van der Waals surface area contributed by atoms with E-state index in [1.807, 2.05) is 24.3 Å². The molecule has 0 aliphatic carbocycles. The van der Waals surface area contributed by atoms with Crippen molar-refractivity contribution in [2.24, 2.45) is 0 Å². The highest BCUT2D eigenvalue weighted by atomic mass is 79.9. The SMILES string of the molecule is FC(F)n1ccnc1CNc1ccc(Br)cc1. The van der Waals surface area contributed by atoms with Crippen LogP contribution < -0.4 is 5.32 Å². The van der Waals surface area contributed by atoms with Crippen LogP contribution in [0.4, 0.5) is 14.5 Å². The number of benzene rings is 1. The topological polar surface area (TPSA) is 29.9 Å². The van der Waals surface area contributed by atoms with Gasteiger partial charge in [-0.3, -0.25) is 4.57 Å². The van der Waals surface area contributed by atoms with Gasteiger partial charge >= 0.3 is 6.55 Å². The van der Waals surface area contributed by atoms with E-state index in [0.29, 0.717) is 5.82 Å². The minimum Gasteiger partial charge on any atom is -0.378 e. The van der Waals surface area contributed by atoms with Crippen LogP contribution in [0.2, 0.25) is 0 Å². The Morgan fingerprint density at radius 3 is 2.65 bits per heavy atom. The zero-order chi connectivity index (χ0) is 12.3. The first-order valence-corrected chi connectivity index (χ1v) is 5.75. The molecule has 0 amide bonds. The van der Waals surface area contributed by atoms with Crippen molar-refractivity contribution in [2.45, 2.75) is 13.1 Å². The molecule has 6 heteroatoms. The van der Waals surface area contributed by atoms with Crippen molar-refractivity contribution >= 4 is 21.6 Å². The standard InChI is InChI=1S/C11H10BrF2N3/c12-8-1-3-9(4-2-8)16-7-10-15-5-6-17(10)11(13)14/h1-6,11,16H,7H2. The Balaban J connectivity index is 2.02. The lowest BCUT2D eigenvalue weighted by atomic mass is 10.3. The fourth-order valence-corrected chi connectivity index (χ4v) is 1.67. The third-order valence-electron chi connectivity index (χ3n) is 2.25. The largest absolute Gasteiger partial charge is 0.378 e. The van der Waals surface area contributed by atoms with Crippen molar-refractivity contribution in [1.82, 2.24) is 9.55 Å². The van der Waals surface area contributed by atoms with Crippen LogP contribution in [-0.4, -0.2) is 9.55 Å². The van der Waals surface area contributed by atoms with Gasteiger partial charge in [0.15, 0.2) is 0 Å². The molecule has 0 atom stereocenters. The number of hydrogen-bond donors (Lipinski definition) is 1. The summed E-state index contributed by atoms with van der Waals surface area (Å²) < 4.78 is 26.9. The van der Waals surface area contributed by atoms with Gasteiger partial charge in [0.05, 0.1) is 6.54 Å². The molecular weight excluding hydrogens is 292 g/mol. The highest BCUT2D eigenvalue weighted by molar-refractivity contribution is 9.10. The summed E-state index contributed by atoms with van der Waals surface area (Å²) in [6, 6.07) is 7.48. The fourth-order valence-electron chi connectivity index (χ4n) is 1.41. The molecule has 1 aromatic carbocycles. The van der Waals surface area contributed by atoms with E-state index in [-0.39, 0.29) is 6.54 Å². The van der Waals surface area contributed by atoms with E-state index in [9.17, 15) is 8.78 Å². The average Bonchev–Trinajstić information content (AvgIpc) is 2.76. The molecule has 2 rings (SSSR count). The quantitative estimate of drug-likeness (QED) is 0.934. The molecule has 17 heavy (non-hydrogen) atoms. The predicted octanol–water partition coefficient (Wildman–Crippen LogP) is 3.65. The lowest BCUT2D eigenvalue weighted by Gasteiger charge is -2.08. The van der Waals surface area contributed by atoms with Gasteiger partial charge in [0.25, 0.3) is 0 Å². The highest BCUT2D eigenvalue weighted by Gasteiger charge is 2.10. The number of nitrogens with one attached hydrogen (secondary N) is 1. The Hall–Kier alpha value is -1.43. The zero-order valence-electron chi connectivity index (χ0n) is 8.78. The molecule has 0 aliphatic rings. The minimum absolute atomic E-state index is 0.263. The molecule has 0 radical (unpaired) electrons. The molecule has 1 heterocycles. The Bertz CT molecular complexity index is 482. The Morgan fingerprint density at radius 2 is 2.00 bits per heavy atom. The van der Waals surface area contributed by atoms with E-state index in [0.717, 1.165) is 14.7 Å². The molecule has 1 N–H and O–H groups in total. The van der Waals surface area contributed by atoms with Crippen LogP contribution >= 0.6 is 15.9 Å². The third kappa shape index (κ3) is 3.03. The normalized spacial score (nSPS) is 10.8. The zero-order valence-corrected chi connectivity index (χ0v) is 10.4. The van der Waals surface area contributed by atoms with Crippen molar-refractivity contribution in [1.29, 1.82) is 0 Å². The van der Waals surface area contributed by atoms with Crippen molar-refractivity contribution in [2.75, 3.05) is 5.32 Å². The lowest BCUT2D eigenvalue weighted by Crippen LogP contribution is -2.08. The Kier molecular flexibility index (Phi) is 3.73. The number of aromatic nitrogens is 2. The molecule has 0 saturated carbocycles. The van der Waals surface area contributed by atoms with E-state index in [4.69, 9.17) is 0 Å². The second-order valence-electron chi connectivity index (χ2n) is 3.39. The number of imidazole rings is 1. The highest BCUT2D eigenvalue weighted by Crippen LogP contribution is 2.16. The van der Waals surface area contributed by atoms with Crippen LogP contribution in [0.15, 0.2) is 41.1 Å². The number of anilines is 1. The van der Waals surface area contributed by atoms with E-state index in [1.54, 1.807) is 0 Å². The van der Waals surface area contributed by atoms with E-state index < -0.39 is 6.55 Å². The summed E-state index contributed by atoms with van der Waals surface area (Å²) in [6.07, 6.45) is 2.63. The van der Waals surface area contributed by atoms with Crippen LogP contribution in [0.3, 0.4) is 0 Å². The van der Waals surface area contributed by atoms with Gasteiger partial charge in [-0.25, -0.2) is 4.98 Å². The predicted molar refractivity (Wildman–Crippen MR) is 64.9 cm³/mol. The summed E-state index contributed by atoms with van der Waals surface area (Å²) in [5, 5.41) is 3.03. The molecule has 0 unspecified atom stereocenters. The minimum atomic E-state index is -2.56. The number of alkyl halides is 2. The molecule has 90 valence electrons. The lowest BCUT2D eigenvalue weighted by molar-refractivity contribution is 0.0673. The number of halogens is 3. The van der Waals surface area contributed by atoms with E-state index in [1.165, 1.54) is 12.4 Å². The monoisotopic (exact) mass is 301 g/mol. The van der Waals surface area contributed by atoms with Crippen molar-refractivity contribution in [3.05, 3.63) is 47.0 Å². The number of hydrogen-bond acceptors (Lipinski definition) is 2. The Labute approximate surface area is 106 Å². The maximum Gasteiger partial charge on any atom is 0.319 e. The fraction of sp³-hybridized carbons (Fsp3) is 0.182. The van der Waals surface area contributed by atoms with Gasteiger partial charge < -0.3 is 5.32 Å². The molecule has 0 spiro atoms. The van der Waals surface area contributed by atoms with Crippen molar-refractivity contribution in [3.63, 3.8) is 0 Å². The van der Waals surface area contributed by atoms with Gasteiger partial charge in [0.1, 0.15) is 5.82 Å². The van der Waals surface area contributed by atoms with Gasteiger partial charge in [-0.2, -0.15) is 8.78 Å². The van der Waals surface area contributed by atoms with Gasteiger partial charge in [-0.1, -0.05) is 15.9 Å². The van der Waals surface area contributed by atoms with E-state index in [2.05, 4.69) is 26.2 Å². The van der Waals surface area contributed by atoms with Gasteiger partial charge in [0, 0.05) is 22.6 Å². The summed E-state index contributed by atoms with van der Waals surface area (Å²) in [4.78, 5) is 3.88. The first-order chi connectivity index (χ1) is 8.16. The molecule has 0 aliphatic heterocycles. The molecule has 0 saturated heterocycles. The molecule has 3 nitrogen and oxygen atoms in total. The van der Waals surface area contributed by atoms with Crippen LogP contribution in [0.5, 0.6) is 0 Å². The summed E-state index contributed by atoms with van der Waals surface area (Å²) in [6.45, 7) is -2.29. The maximum atomic E-state index is 12.5. The van der Waals surface area contributed by atoms with E-state index >= 15 is 0 Å². The maximum absolute atomic E-state index is 12.5. The Morgan fingerprint density at radius 1 is 1.29 bits per heavy atom. The van der Waals surface area contributed by atoms with Crippen LogP contribution in [0.1, 0.15) is 12.4 Å². The average molecular weight is 302 g/mol. The molecule has 1 aromatic heterocycles. The van der Waals surface area contributed by atoms with Crippen LogP contribution in [-0.2, 0) is 6.54 Å². The molecule has 0 bridgehead atoms. The summed E-state index contributed by atoms with van der Waals surface area (Å²) >= 11 is 3.32. The van der Waals surface area contributed by atoms with Crippen molar-refractivity contribution < 1.29 is 8.78 Å². The first-order valence-electron chi connectivity index (χ1n) is 4.96. The second kappa shape index (κ2) is 5.27. The third-order valence-corrected chi connectivity index (χ3v) is 2.78. The number of rotatable bonds is 4. The van der Waals surface area contributed by atoms with Crippen molar-refractivity contribution in [3.8, 4) is 0 Å². The summed E-state index contributed by atoms with van der Waals surface area (Å²) in [7, 11) is 0. The first kappa shape index (κ1) is 12.0. The van der Waals surface area contributed by atoms with Gasteiger partial charge in [0.2, 0.25) is 0 Å². The number of nitrogens with zero attached hydrogens (tertiary/aromatic N) is 2. The smallest absolute Gasteiger partial charge is 0.319 e. The summed E-state index contributed by atoms with van der Waals surface area (Å²) in [5.74, 6) is 0.308. The molecular formula is C11H10BrF2N3. The molecule has 2 aromatic rings.